The highest BCUT2D eigenvalue weighted by Gasteiger charge is 2.24. The van der Waals surface area contributed by atoms with Crippen LogP contribution in [0.1, 0.15) is 18.0 Å². The normalized spacial score (nSPS) is 17.4. The Morgan fingerprint density at radius 3 is 2.80 bits per heavy atom. The lowest BCUT2D eigenvalue weighted by atomic mass is 10.0. The fraction of sp³-hybridized carbons (Fsp3) is 0.462. The Morgan fingerprint density at radius 1 is 1.50 bits per heavy atom. The lowest BCUT2D eigenvalue weighted by Gasteiger charge is -2.34. The van der Waals surface area contributed by atoms with Crippen molar-refractivity contribution in [2.75, 3.05) is 26.2 Å². The summed E-state index contributed by atoms with van der Waals surface area (Å²) in [5, 5.41) is 23.3. The number of nitriles is 1. The summed E-state index contributed by atoms with van der Waals surface area (Å²) in [7, 11) is 0. The minimum Gasteiger partial charge on any atom is -0.314 e. The van der Waals surface area contributed by atoms with Crippen LogP contribution in [0.2, 0.25) is 0 Å². The lowest BCUT2D eigenvalue weighted by molar-refractivity contribution is -0.385. The molecule has 0 unspecified atom stereocenters. The van der Waals surface area contributed by atoms with E-state index in [9.17, 15) is 10.1 Å². The van der Waals surface area contributed by atoms with Gasteiger partial charge in [0.25, 0.3) is 5.69 Å². The van der Waals surface area contributed by atoms with E-state index in [4.69, 9.17) is 5.26 Å². The molecule has 1 saturated heterocycles. The molecule has 2 rings (SSSR count). The van der Waals surface area contributed by atoms with Crippen molar-refractivity contribution >= 4 is 21.6 Å². The summed E-state index contributed by atoms with van der Waals surface area (Å²) in [6, 6.07) is 7.19. The highest BCUT2D eigenvalue weighted by molar-refractivity contribution is 9.10. The van der Waals surface area contributed by atoms with E-state index in [-0.39, 0.29) is 11.7 Å². The maximum Gasteiger partial charge on any atom is 0.283 e. The number of nitrogens with zero attached hydrogens (tertiary/aromatic N) is 3. The van der Waals surface area contributed by atoms with E-state index in [1.165, 1.54) is 0 Å². The molecule has 1 N–H and O–H groups in total. The third-order valence-corrected chi connectivity index (χ3v) is 4.10. The lowest BCUT2D eigenvalue weighted by Crippen LogP contribution is -2.45. The van der Waals surface area contributed by atoms with Gasteiger partial charge in [-0.2, -0.15) is 5.26 Å². The van der Waals surface area contributed by atoms with Gasteiger partial charge in [0.2, 0.25) is 0 Å². The molecule has 1 aliphatic heterocycles. The van der Waals surface area contributed by atoms with Crippen LogP contribution in [0.25, 0.3) is 0 Å². The molecule has 20 heavy (non-hydrogen) atoms. The summed E-state index contributed by atoms with van der Waals surface area (Å²) in [5.74, 6) is 0. The van der Waals surface area contributed by atoms with Crippen LogP contribution >= 0.6 is 15.9 Å². The molecule has 1 fully saturated rings. The van der Waals surface area contributed by atoms with Gasteiger partial charge in [-0.1, -0.05) is 6.07 Å². The van der Waals surface area contributed by atoms with Gasteiger partial charge in [0.1, 0.15) is 0 Å². The molecule has 0 bridgehead atoms. The van der Waals surface area contributed by atoms with Crippen molar-refractivity contribution < 1.29 is 4.92 Å². The topological polar surface area (TPSA) is 82.2 Å². The molecule has 1 aromatic carbocycles. The zero-order chi connectivity index (χ0) is 14.5. The summed E-state index contributed by atoms with van der Waals surface area (Å²) in [5.41, 5.74) is 0.865. The average molecular weight is 339 g/mol. The van der Waals surface area contributed by atoms with Crippen LogP contribution in [0.15, 0.2) is 22.7 Å². The van der Waals surface area contributed by atoms with Crippen LogP contribution in [0.4, 0.5) is 5.69 Å². The molecule has 0 amide bonds. The fourth-order valence-corrected chi connectivity index (χ4v) is 2.81. The summed E-state index contributed by atoms with van der Waals surface area (Å²) in [6.45, 7) is 3.44. The Bertz CT molecular complexity index is 538. The van der Waals surface area contributed by atoms with E-state index < -0.39 is 4.92 Å². The first-order valence-corrected chi connectivity index (χ1v) is 7.18. The van der Waals surface area contributed by atoms with Gasteiger partial charge in [0.05, 0.1) is 21.9 Å². The number of halogens is 1. The number of hydrogen-bond donors (Lipinski definition) is 1. The van der Waals surface area contributed by atoms with Gasteiger partial charge in [-0.25, -0.2) is 0 Å². The molecule has 0 aliphatic carbocycles. The molecule has 0 aromatic heterocycles. The minimum absolute atomic E-state index is 0.0422. The highest BCUT2D eigenvalue weighted by atomic mass is 79.9. The molecular formula is C13H15BrN4O2. The van der Waals surface area contributed by atoms with E-state index in [0.29, 0.717) is 10.9 Å². The molecule has 0 radical (unpaired) electrons. The van der Waals surface area contributed by atoms with Crippen molar-refractivity contribution in [2.45, 2.75) is 12.5 Å². The van der Waals surface area contributed by atoms with Crippen molar-refractivity contribution in [1.82, 2.24) is 10.2 Å². The second-order valence-electron chi connectivity index (χ2n) is 4.63. The Morgan fingerprint density at radius 2 is 2.20 bits per heavy atom. The van der Waals surface area contributed by atoms with Crippen molar-refractivity contribution in [3.63, 3.8) is 0 Å². The Balaban J connectivity index is 2.31. The summed E-state index contributed by atoms with van der Waals surface area (Å²) < 4.78 is 0.460. The highest BCUT2D eigenvalue weighted by Crippen LogP contribution is 2.31. The predicted molar refractivity (Wildman–Crippen MR) is 78.2 cm³/mol. The molecule has 1 aromatic rings. The van der Waals surface area contributed by atoms with E-state index >= 15 is 0 Å². The van der Waals surface area contributed by atoms with Gasteiger partial charge >= 0.3 is 0 Å². The number of hydrogen-bond acceptors (Lipinski definition) is 5. The van der Waals surface area contributed by atoms with Crippen LogP contribution in [0, 0.1) is 21.4 Å². The molecule has 1 heterocycles. The molecule has 6 nitrogen and oxygen atoms in total. The number of nitro groups is 1. The second-order valence-corrected chi connectivity index (χ2v) is 5.49. The number of piperazine rings is 1. The predicted octanol–water partition coefficient (Wildman–Crippen LogP) is 2.22. The van der Waals surface area contributed by atoms with Gasteiger partial charge in [-0.05, 0) is 27.6 Å². The SMILES string of the molecule is N#CC[C@H](c1ccc(Br)c([N+](=O)[O-])c1)N1CCNCC1. The van der Waals surface area contributed by atoms with Crippen LogP contribution < -0.4 is 5.32 Å². The van der Waals surface area contributed by atoms with Crippen LogP contribution in [-0.2, 0) is 0 Å². The number of benzene rings is 1. The van der Waals surface area contributed by atoms with E-state index in [1.54, 1.807) is 12.1 Å². The van der Waals surface area contributed by atoms with Gasteiger partial charge < -0.3 is 5.32 Å². The van der Waals surface area contributed by atoms with Crippen LogP contribution in [0.3, 0.4) is 0 Å². The Kier molecular flexibility index (Phi) is 5.06. The first-order valence-electron chi connectivity index (χ1n) is 6.39. The third-order valence-electron chi connectivity index (χ3n) is 3.43. The fourth-order valence-electron chi connectivity index (χ4n) is 2.41. The molecule has 7 heteroatoms. The Labute approximate surface area is 125 Å². The molecule has 0 saturated carbocycles. The maximum atomic E-state index is 11.0. The van der Waals surface area contributed by atoms with Crippen molar-refractivity contribution in [2.24, 2.45) is 0 Å². The molecule has 1 atom stereocenters. The van der Waals surface area contributed by atoms with Crippen LogP contribution in [-0.4, -0.2) is 36.0 Å². The van der Waals surface area contributed by atoms with Gasteiger partial charge in [-0.3, -0.25) is 15.0 Å². The van der Waals surface area contributed by atoms with E-state index in [2.05, 4.69) is 32.2 Å². The van der Waals surface area contributed by atoms with Gasteiger partial charge in [0, 0.05) is 38.3 Å². The first kappa shape index (κ1) is 14.9. The summed E-state index contributed by atoms with van der Waals surface area (Å²) in [6.07, 6.45) is 0.332. The van der Waals surface area contributed by atoms with Crippen LogP contribution in [0.5, 0.6) is 0 Å². The zero-order valence-corrected chi connectivity index (χ0v) is 12.5. The minimum atomic E-state index is -0.408. The summed E-state index contributed by atoms with van der Waals surface area (Å²) in [4.78, 5) is 12.8. The zero-order valence-electron chi connectivity index (χ0n) is 10.9. The van der Waals surface area contributed by atoms with Gasteiger partial charge in [-0.15, -0.1) is 0 Å². The first-order chi connectivity index (χ1) is 9.63. The average Bonchev–Trinajstić information content (AvgIpc) is 2.46. The molecule has 0 spiro atoms. The van der Waals surface area contributed by atoms with E-state index in [1.807, 2.05) is 6.07 Å². The van der Waals surface area contributed by atoms with Crippen molar-refractivity contribution in [3.05, 3.63) is 38.3 Å². The second kappa shape index (κ2) is 6.79. The third kappa shape index (κ3) is 3.33. The number of nitrogens with one attached hydrogen (secondary N) is 1. The summed E-state index contributed by atoms with van der Waals surface area (Å²) >= 11 is 3.18. The van der Waals surface area contributed by atoms with Crippen molar-refractivity contribution in [3.8, 4) is 6.07 Å². The maximum absolute atomic E-state index is 11.0. The van der Waals surface area contributed by atoms with Crippen molar-refractivity contribution in [1.29, 1.82) is 5.26 Å². The quantitative estimate of drug-likeness (QED) is 0.672. The van der Waals surface area contributed by atoms with E-state index in [0.717, 1.165) is 31.7 Å². The molecular weight excluding hydrogens is 324 g/mol. The molecule has 106 valence electrons. The largest absolute Gasteiger partial charge is 0.314 e. The molecule has 1 aliphatic rings. The van der Waals surface area contributed by atoms with Gasteiger partial charge in [0.15, 0.2) is 0 Å². The standard InChI is InChI=1S/C13H15BrN4O2/c14-11-2-1-10(9-13(11)18(19)20)12(3-4-15)17-7-5-16-6-8-17/h1-2,9,12,16H,3,5-8H2/t12-/m1/s1. The number of rotatable bonds is 4. The Hall–Kier alpha value is -1.49. The monoisotopic (exact) mass is 338 g/mol. The number of nitro benzene ring substituents is 1. The smallest absolute Gasteiger partial charge is 0.283 e.